The predicted octanol–water partition coefficient (Wildman–Crippen LogP) is 0.0981. The zero-order valence-electron chi connectivity index (χ0n) is 10.9. The first-order valence-electron chi connectivity index (χ1n) is 5.80. The number of piperazine rings is 1. The summed E-state index contributed by atoms with van der Waals surface area (Å²) in [4.78, 5) is 37.2. The van der Waals surface area contributed by atoms with Gasteiger partial charge in [0.2, 0.25) is 11.8 Å². The lowest BCUT2D eigenvalue weighted by atomic mass is 10.1. The van der Waals surface area contributed by atoms with Crippen LogP contribution in [0, 0.1) is 0 Å². The van der Waals surface area contributed by atoms with E-state index in [0.717, 1.165) is 0 Å². The van der Waals surface area contributed by atoms with Crippen molar-refractivity contribution >= 4 is 17.8 Å². The summed E-state index contributed by atoms with van der Waals surface area (Å²) in [5.74, 6) is -1.35. The summed E-state index contributed by atoms with van der Waals surface area (Å²) in [7, 11) is 0. The molecule has 0 aromatic carbocycles. The van der Waals surface area contributed by atoms with Gasteiger partial charge in [-0.2, -0.15) is 0 Å². The number of hydrogen-bond acceptors (Lipinski definition) is 3. The van der Waals surface area contributed by atoms with Crippen molar-refractivity contribution in [2.45, 2.75) is 20.8 Å². The van der Waals surface area contributed by atoms with Gasteiger partial charge in [0.1, 0.15) is 0 Å². The van der Waals surface area contributed by atoms with Gasteiger partial charge in [0.15, 0.2) is 0 Å². The van der Waals surface area contributed by atoms with E-state index < -0.39 is 5.97 Å². The van der Waals surface area contributed by atoms with E-state index in [9.17, 15) is 14.4 Å². The molecule has 1 aliphatic rings. The van der Waals surface area contributed by atoms with E-state index in [0.29, 0.717) is 26.2 Å². The summed E-state index contributed by atoms with van der Waals surface area (Å²) in [6, 6.07) is 0. The third kappa shape index (κ3) is 3.09. The topological polar surface area (TPSA) is 77.9 Å². The van der Waals surface area contributed by atoms with Gasteiger partial charge in [-0.15, -0.1) is 0 Å². The van der Waals surface area contributed by atoms with Crippen molar-refractivity contribution in [1.82, 2.24) is 9.80 Å². The summed E-state index contributed by atoms with van der Waals surface area (Å²) in [5.41, 5.74) is 0.313. The van der Waals surface area contributed by atoms with Gasteiger partial charge in [0.05, 0.1) is 0 Å². The molecule has 1 N–H and O–H groups in total. The summed E-state index contributed by atoms with van der Waals surface area (Å²) in [5, 5.41) is 8.83. The number of carboxylic acid groups (broad SMARTS) is 1. The maximum absolute atomic E-state index is 12.0. The van der Waals surface area contributed by atoms with Gasteiger partial charge < -0.3 is 14.9 Å². The fourth-order valence-corrected chi connectivity index (χ4v) is 1.78. The molecule has 0 aromatic rings. The molecule has 0 atom stereocenters. The lowest BCUT2D eigenvalue weighted by Crippen LogP contribution is -2.50. The van der Waals surface area contributed by atoms with Gasteiger partial charge in [0, 0.05) is 44.2 Å². The lowest BCUT2D eigenvalue weighted by molar-refractivity contribution is -0.136. The number of carbonyl (C=O) groups is 3. The zero-order valence-corrected chi connectivity index (χ0v) is 10.9. The van der Waals surface area contributed by atoms with Gasteiger partial charge >= 0.3 is 5.97 Å². The van der Waals surface area contributed by atoms with Gasteiger partial charge in [-0.25, -0.2) is 4.79 Å². The highest BCUT2D eigenvalue weighted by Gasteiger charge is 2.24. The van der Waals surface area contributed by atoms with Crippen LogP contribution in [-0.2, 0) is 14.4 Å². The molecule has 0 radical (unpaired) electrons. The normalized spacial score (nSPS) is 17.3. The Balaban J connectivity index is 2.69. The first kappa shape index (κ1) is 14.2. The van der Waals surface area contributed by atoms with Crippen LogP contribution >= 0.6 is 0 Å². The Labute approximate surface area is 106 Å². The van der Waals surface area contributed by atoms with Crippen molar-refractivity contribution in [3.63, 3.8) is 0 Å². The number of hydrogen-bond donors (Lipinski definition) is 1. The molecule has 0 spiro atoms. The average Bonchev–Trinajstić information content (AvgIpc) is 2.36. The molecule has 6 heteroatoms. The molecule has 100 valence electrons. The van der Waals surface area contributed by atoms with Crippen LogP contribution < -0.4 is 0 Å². The summed E-state index contributed by atoms with van der Waals surface area (Å²) >= 11 is 0. The van der Waals surface area contributed by atoms with Crippen LogP contribution in [0.2, 0.25) is 0 Å². The van der Waals surface area contributed by atoms with Crippen molar-refractivity contribution in [3.05, 3.63) is 11.1 Å². The Bertz CT molecular complexity index is 406. The molecule has 0 unspecified atom stereocenters. The minimum atomic E-state index is -1.08. The molecule has 1 heterocycles. The van der Waals surface area contributed by atoms with Crippen LogP contribution in [0.5, 0.6) is 0 Å². The first-order chi connectivity index (χ1) is 8.34. The minimum Gasteiger partial charge on any atom is -0.478 e. The Morgan fingerprint density at radius 2 is 1.28 bits per heavy atom. The average molecular weight is 254 g/mol. The maximum atomic E-state index is 12.0. The van der Waals surface area contributed by atoms with Gasteiger partial charge in [-0.1, -0.05) is 0 Å². The lowest BCUT2D eigenvalue weighted by Gasteiger charge is -2.34. The largest absolute Gasteiger partial charge is 0.478 e. The van der Waals surface area contributed by atoms with Gasteiger partial charge in [-0.3, -0.25) is 9.59 Å². The highest BCUT2D eigenvalue weighted by atomic mass is 16.4. The van der Waals surface area contributed by atoms with Crippen LogP contribution in [0.25, 0.3) is 0 Å². The molecule has 0 aromatic heterocycles. The molecule has 0 aliphatic carbocycles. The molecule has 6 nitrogen and oxygen atoms in total. The SMILES string of the molecule is CC(=O)N1CCN(C(=O)/C(C)=C(/C)C(=O)O)CC1. The summed E-state index contributed by atoms with van der Waals surface area (Å²) < 4.78 is 0. The molecule has 0 bridgehead atoms. The van der Waals surface area contributed by atoms with Crippen molar-refractivity contribution in [1.29, 1.82) is 0 Å². The van der Waals surface area contributed by atoms with Crippen LogP contribution in [-0.4, -0.2) is 58.9 Å². The maximum Gasteiger partial charge on any atom is 0.331 e. The van der Waals surface area contributed by atoms with Crippen molar-refractivity contribution in [2.24, 2.45) is 0 Å². The van der Waals surface area contributed by atoms with Crippen LogP contribution in [0.1, 0.15) is 20.8 Å². The second-order valence-electron chi connectivity index (χ2n) is 4.35. The van der Waals surface area contributed by atoms with E-state index in [2.05, 4.69) is 0 Å². The molecule has 1 rings (SSSR count). The molecule has 18 heavy (non-hydrogen) atoms. The van der Waals surface area contributed by atoms with Crippen molar-refractivity contribution in [3.8, 4) is 0 Å². The number of amides is 2. The van der Waals surface area contributed by atoms with Gasteiger partial charge in [0.25, 0.3) is 0 Å². The molecule has 1 fully saturated rings. The fraction of sp³-hybridized carbons (Fsp3) is 0.583. The van der Waals surface area contributed by atoms with Crippen molar-refractivity contribution in [2.75, 3.05) is 26.2 Å². The van der Waals surface area contributed by atoms with Crippen LogP contribution in [0.15, 0.2) is 11.1 Å². The Morgan fingerprint density at radius 1 is 0.833 bits per heavy atom. The molecule has 2 amide bonds. The van der Waals surface area contributed by atoms with E-state index in [1.165, 1.54) is 20.8 Å². The van der Waals surface area contributed by atoms with Crippen LogP contribution in [0.4, 0.5) is 0 Å². The third-order valence-corrected chi connectivity index (χ3v) is 3.22. The predicted molar refractivity (Wildman–Crippen MR) is 64.8 cm³/mol. The van der Waals surface area contributed by atoms with Crippen LogP contribution in [0.3, 0.4) is 0 Å². The standard InChI is InChI=1S/C12H18N2O4/c1-8(9(2)12(17)18)11(16)14-6-4-13(5-7-14)10(3)15/h4-7H2,1-3H3,(H,17,18)/b9-8-. The minimum absolute atomic E-state index is 0.00363. The highest BCUT2D eigenvalue weighted by molar-refractivity contribution is 6.01. The quantitative estimate of drug-likeness (QED) is 0.709. The van der Waals surface area contributed by atoms with E-state index in [1.807, 2.05) is 0 Å². The fourth-order valence-electron chi connectivity index (χ4n) is 1.78. The smallest absolute Gasteiger partial charge is 0.331 e. The Hall–Kier alpha value is -1.85. The summed E-state index contributed by atoms with van der Waals surface area (Å²) in [6.07, 6.45) is 0. The third-order valence-electron chi connectivity index (χ3n) is 3.22. The highest BCUT2D eigenvalue weighted by Crippen LogP contribution is 2.11. The van der Waals surface area contributed by atoms with E-state index >= 15 is 0 Å². The number of nitrogens with zero attached hydrogens (tertiary/aromatic N) is 2. The molecule has 1 saturated heterocycles. The van der Waals surface area contributed by atoms with E-state index in [-0.39, 0.29) is 23.0 Å². The number of aliphatic carboxylic acids is 1. The van der Waals surface area contributed by atoms with E-state index in [1.54, 1.807) is 9.80 Å². The van der Waals surface area contributed by atoms with Crippen molar-refractivity contribution < 1.29 is 19.5 Å². The molecular formula is C12H18N2O4. The first-order valence-corrected chi connectivity index (χ1v) is 5.80. The zero-order chi connectivity index (χ0) is 13.9. The number of carboxylic acids is 1. The van der Waals surface area contributed by atoms with Gasteiger partial charge in [-0.05, 0) is 13.8 Å². The summed E-state index contributed by atoms with van der Waals surface area (Å²) in [6.45, 7) is 6.33. The molecular weight excluding hydrogens is 236 g/mol. The second kappa shape index (κ2) is 5.66. The monoisotopic (exact) mass is 254 g/mol. The number of carbonyl (C=O) groups excluding carboxylic acids is 2. The Kier molecular flexibility index (Phi) is 4.47. The van der Waals surface area contributed by atoms with E-state index in [4.69, 9.17) is 5.11 Å². The Morgan fingerprint density at radius 3 is 1.67 bits per heavy atom. The molecule has 1 aliphatic heterocycles. The molecule has 0 saturated carbocycles. The second-order valence-corrected chi connectivity index (χ2v) is 4.35. The number of rotatable bonds is 2.